The summed E-state index contributed by atoms with van der Waals surface area (Å²) in [4.78, 5) is 0.226. The minimum atomic E-state index is -3.65. The fraction of sp³-hybridized carbons (Fsp3) is 0.273. The van der Waals surface area contributed by atoms with Crippen molar-refractivity contribution in [1.82, 2.24) is 0 Å². The molecular formula is C11H14NaO3S. The van der Waals surface area contributed by atoms with Gasteiger partial charge in [0.05, 0.1) is 11.5 Å². The van der Waals surface area contributed by atoms with Gasteiger partial charge in [-0.3, -0.25) is 4.18 Å². The van der Waals surface area contributed by atoms with Crippen LogP contribution in [0.5, 0.6) is 0 Å². The summed E-state index contributed by atoms with van der Waals surface area (Å²) in [5.41, 5.74) is 1.65. The maximum absolute atomic E-state index is 11.7. The van der Waals surface area contributed by atoms with E-state index in [4.69, 9.17) is 4.18 Å². The van der Waals surface area contributed by atoms with Crippen molar-refractivity contribution in [2.24, 2.45) is 0 Å². The molecule has 0 spiro atoms. The molecule has 3 nitrogen and oxygen atoms in total. The fourth-order valence-electron chi connectivity index (χ4n) is 1.20. The van der Waals surface area contributed by atoms with Gasteiger partial charge in [-0.05, 0) is 31.0 Å². The van der Waals surface area contributed by atoms with Crippen LogP contribution in [0.25, 0.3) is 0 Å². The molecule has 0 atom stereocenters. The van der Waals surface area contributed by atoms with Crippen LogP contribution in [-0.4, -0.2) is 44.6 Å². The number of aryl methyl sites for hydroxylation is 1. The number of rotatable bonds is 4. The molecule has 0 aliphatic rings. The number of benzene rings is 1. The number of hydrogen-bond acceptors (Lipinski definition) is 3. The summed E-state index contributed by atoms with van der Waals surface area (Å²) in [6.07, 6.45) is 1.41. The Morgan fingerprint density at radius 1 is 1.38 bits per heavy atom. The molecule has 1 aromatic carbocycles. The summed E-state index contributed by atoms with van der Waals surface area (Å²) in [7, 11) is -3.65. The van der Waals surface area contributed by atoms with Crippen molar-refractivity contribution < 1.29 is 12.6 Å². The van der Waals surface area contributed by atoms with Crippen molar-refractivity contribution in [2.75, 3.05) is 6.61 Å². The van der Waals surface area contributed by atoms with Gasteiger partial charge in [-0.25, -0.2) is 0 Å². The van der Waals surface area contributed by atoms with Crippen LogP contribution >= 0.6 is 0 Å². The molecule has 0 aromatic heterocycles. The van der Waals surface area contributed by atoms with Gasteiger partial charge >= 0.3 is 0 Å². The maximum Gasteiger partial charge on any atom is 0.297 e. The summed E-state index contributed by atoms with van der Waals surface area (Å²) >= 11 is 0. The molecule has 5 heteroatoms. The van der Waals surface area contributed by atoms with E-state index in [1.54, 1.807) is 19.1 Å². The van der Waals surface area contributed by atoms with Crippen molar-refractivity contribution in [3.63, 3.8) is 0 Å². The Hall–Kier alpha value is -0.130. The molecule has 0 bridgehead atoms. The van der Waals surface area contributed by atoms with Gasteiger partial charge in [0, 0.05) is 29.6 Å². The minimum absolute atomic E-state index is 0. The van der Waals surface area contributed by atoms with Crippen LogP contribution in [0.4, 0.5) is 0 Å². The first kappa shape index (κ1) is 15.9. The Bertz CT molecular complexity index is 466. The molecule has 0 heterocycles. The van der Waals surface area contributed by atoms with E-state index in [1.165, 1.54) is 6.08 Å². The molecule has 1 rings (SSSR count). The van der Waals surface area contributed by atoms with Crippen molar-refractivity contribution in [1.29, 1.82) is 0 Å². The van der Waals surface area contributed by atoms with Crippen LogP contribution in [0.15, 0.2) is 35.7 Å². The second-order valence-electron chi connectivity index (χ2n) is 3.23. The van der Waals surface area contributed by atoms with E-state index < -0.39 is 10.1 Å². The Morgan fingerprint density at radius 3 is 2.56 bits per heavy atom. The largest absolute Gasteiger partial charge is 0.297 e. The van der Waals surface area contributed by atoms with Crippen LogP contribution in [0.1, 0.15) is 11.1 Å². The summed E-state index contributed by atoms with van der Waals surface area (Å²) in [5.74, 6) is 0. The SMILES string of the molecule is C=CCOS(=O)(=O)c1cccc(C)c1C.[Na]. The van der Waals surface area contributed by atoms with E-state index in [2.05, 4.69) is 6.58 Å². The summed E-state index contributed by atoms with van der Waals surface area (Å²) in [6, 6.07) is 5.11. The third kappa shape index (κ3) is 3.71. The second-order valence-corrected chi connectivity index (χ2v) is 4.81. The van der Waals surface area contributed by atoms with Crippen LogP contribution in [0, 0.1) is 13.8 Å². The zero-order valence-corrected chi connectivity index (χ0v) is 12.7. The first-order chi connectivity index (χ1) is 6.99. The number of hydrogen-bond donors (Lipinski definition) is 0. The van der Waals surface area contributed by atoms with E-state index in [1.807, 2.05) is 13.0 Å². The zero-order chi connectivity index (χ0) is 11.5. The van der Waals surface area contributed by atoms with Crippen LogP contribution in [-0.2, 0) is 14.3 Å². The van der Waals surface area contributed by atoms with Gasteiger partial charge in [-0.15, -0.1) is 6.58 Å². The molecule has 0 aliphatic carbocycles. The minimum Gasteiger partial charge on any atom is -0.262 e. The maximum atomic E-state index is 11.7. The van der Waals surface area contributed by atoms with Crippen LogP contribution in [0.2, 0.25) is 0 Å². The van der Waals surface area contributed by atoms with Gasteiger partial charge in [-0.1, -0.05) is 18.2 Å². The third-order valence-electron chi connectivity index (χ3n) is 2.17. The van der Waals surface area contributed by atoms with Gasteiger partial charge in [0.25, 0.3) is 10.1 Å². The topological polar surface area (TPSA) is 43.4 Å². The zero-order valence-electron chi connectivity index (χ0n) is 9.86. The monoisotopic (exact) mass is 249 g/mol. The average molecular weight is 249 g/mol. The second kappa shape index (κ2) is 6.57. The molecule has 0 N–H and O–H groups in total. The van der Waals surface area contributed by atoms with Gasteiger partial charge in [0.1, 0.15) is 0 Å². The summed E-state index contributed by atoms with van der Waals surface area (Å²) < 4.78 is 28.1. The van der Waals surface area contributed by atoms with Crippen molar-refractivity contribution in [3.05, 3.63) is 42.0 Å². The average Bonchev–Trinajstić information content (AvgIpc) is 2.19. The molecule has 0 saturated heterocycles. The van der Waals surface area contributed by atoms with Gasteiger partial charge in [0.2, 0.25) is 0 Å². The van der Waals surface area contributed by atoms with E-state index in [-0.39, 0.29) is 41.1 Å². The Kier molecular flexibility index (Phi) is 6.51. The first-order valence-electron chi connectivity index (χ1n) is 4.55. The quantitative estimate of drug-likeness (QED) is 0.464. The Labute approximate surface area is 119 Å². The molecule has 0 aliphatic heterocycles. The van der Waals surface area contributed by atoms with Crippen LogP contribution < -0.4 is 0 Å². The molecule has 0 saturated carbocycles. The van der Waals surface area contributed by atoms with Gasteiger partial charge < -0.3 is 0 Å². The Balaban J connectivity index is 0.00000225. The molecule has 1 aromatic rings. The fourth-order valence-corrected chi connectivity index (χ4v) is 2.38. The molecule has 0 amide bonds. The predicted molar refractivity (Wildman–Crippen MR) is 65.0 cm³/mol. The van der Waals surface area contributed by atoms with Crippen molar-refractivity contribution >= 4 is 39.7 Å². The van der Waals surface area contributed by atoms with Gasteiger partial charge in [-0.2, -0.15) is 8.42 Å². The normalized spacial score (nSPS) is 10.6. The molecule has 83 valence electrons. The Morgan fingerprint density at radius 2 is 2.00 bits per heavy atom. The van der Waals surface area contributed by atoms with E-state index in [0.29, 0.717) is 0 Å². The summed E-state index contributed by atoms with van der Waals surface area (Å²) in [6.45, 7) is 7.03. The van der Waals surface area contributed by atoms with E-state index >= 15 is 0 Å². The molecule has 0 fully saturated rings. The van der Waals surface area contributed by atoms with Gasteiger partial charge in [0.15, 0.2) is 0 Å². The first-order valence-corrected chi connectivity index (χ1v) is 5.96. The molecule has 16 heavy (non-hydrogen) atoms. The smallest absolute Gasteiger partial charge is 0.262 e. The molecule has 0 unspecified atom stereocenters. The standard InChI is InChI=1S/C11H14O3S.Na/c1-4-8-14-15(12,13)11-7-5-6-9(2)10(11)3;/h4-7H,1,8H2,2-3H3;. The summed E-state index contributed by atoms with van der Waals surface area (Å²) in [5, 5.41) is 0. The van der Waals surface area contributed by atoms with E-state index in [9.17, 15) is 8.42 Å². The molecular weight excluding hydrogens is 235 g/mol. The van der Waals surface area contributed by atoms with Crippen molar-refractivity contribution in [2.45, 2.75) is 18.7 Å². The predicted octanol–water partition coefficient (Wildman–Crippen LogP) is 1.81. The van der Waals surface area contributed by atoms with Crippen LogP contribution in [0.3, 0.4) is 0 Å². The molecule has 1 radical (unpaired) electrons. The van der Waals surface area contributed by atoms with E-state index in [0.717, 1.165) is 11.1 Å². The van der Waals surface area contributed by atoms with Crippen molar-refractivity contribution in [3.8, 4) is 0 Å². The third-order valence-corrected chi connectivity index (χ3v) is 3.59.